The third-order valence-corrected chi connectivity index (χ3v) is 6.66. The summed E-state index contributed by atoms with van der Waals surface area (Å²) >= 11 is 0. The van der Waals surface area contributed by atoms with Gasteiger partial charge >= 0.3 is 0 Å². The van der Waals surface area contributed by atoms with Crippen molar-refractivity contribution in [3.63, 3.8) is 0 Å². The highest BCUT2D eigenvalue weighted by Crippen LogP contribution is 2.29. The van der Waals surface area contributed by atoms with Crippen LogP contribution in [-0.4, -0.2) is 37.4 Å². The van der Waals surface area contributed by atoms with Crippen LogP contribution < -0.4 is 0 Å². The van der Waals surface area contributed by atoms with Crippen LogP contribution in [0.15, 0.2) is 18.2 Å². The summed E-state index contributed by atoms with van der Waals surface area (Å²) in [7, 11) is -2.97. The molecule has 1 aromatic rings. The van der Waals surface area contributed by atoms with Crippen LogP contribution in [0.2, 0.25) is 0 Å². The molecular formula is C16H24FNO2S. The van der Waals surface area contributed by atoms with E-state index in [1.54, 1.807) is 19.9 Å². The number of sulfone groups is 1. The minimum absolute atomic E-state index is 0.145. The molecule has 3 nitrogen and oxygen atoms in total. The molecule has 0 aliphatic carbocycles. The van der Waals surface area contributed by atoms with E-state index in [0.29, 0.717) is 6.42 Å². The lowest BCUT2D eigenvalue weighted by Crippen LogP contribution is -2.35. The lowest BCUT2D eigenvalue weighted by Gasteiger charge is -2.35. The lowest BCUT2D eigenvalue weighted by atomic mass is 9.93. The Morgan fingerprint density at radius 1 is 1.38 bits per heavy atom. The fraction of sp³-hybridized carbons (Fsp3) is 0.625. The highest BCUT2D eigenvalue weighted by atomic mass is 32.2. The summed E-state index contributed by atoms with van der Waals surface area (Å²) < 4.78 is 37.1. The summed E-state index contributed by atoms with van der Waals surface area (Å²) in [5, 5.41) is -0.314. The molecule has 0 N–H and O–H groups in total. The van der Waals surface area contributed by atoms with Crippen molar-refractivity contribution in [2.24, 2.45) is 0 Å². The molecule has 1 aromatic carbocycles. The van der Waals surface area contributed by atoms with Crippen LogP contribution in [0.1, 0.15) is 44.4 Å². The molecule has 21 heavy (non-hydrogen) atoms. The number of fused-ring (bicyclic) bond motifs is 1. The van der Waals surface area contributed by atoms with Gasteiger partial charge in [0, 0.05) is 12.6 Å². The highest BCUT2D eigenvalue weighted by molar-refractivity contribution is 7.91. The summed E-state index contributed by atoms with van der Waals surface area (Å²) in [5.74, 6) is 0.0222. The predicted molar refractivity (Wildman–Crippen MR) is 83.6 cm³/mol. The van der Waals surface area contributed by atoms with Crippen LogP contribution in [0.4, 0.5) is 4.39 Å². The van der Waals surface area contributed by atoms with E-state index in [-0.39, 0.29) is 22.9 Å². The molecule has 0 saturated heterocycles. The van der Waals surface area contributed by atoms with Crippen LogP contribution in [0.5, 0.6) is 0 Å². The second kappa shape index (κ2) is 6.44. The molecule has 1 unspecified atom stereocenters. The van der Waals surface area contributed by atoms with Gasteiger partial charge in [-0.15, -0.1) is 0 Å². The lowest BCUT2D eigenvalue weighted by molar-refractivity contribution is 0.199. The van der Waals surface area contributed by atoms with E-state index in [1.165, 1.54) is 11.6 Å². The third kappa shape index (κ3) is 3.83. The van der Waals surface area contributed by atoms with E-state index in [1.807, 2.05) is 6.07 Å². The molecule has 1 aliphatic rings. The molecule has 0 spiro atoms. The molecule has 0 radical (unpaired) electrons. The molecule has 0 saturated carbocycles. The summed E-state index contributed by atoms with van der Waals surface area (Å²) in [6, 6.07) is 5.13. The van der Waals surface area contributed by atoms with Gasteiger partial charge in [0.2, 0.25) is 0 Å². The monoisotopic (exact) mass is 313 g/mol. The van der Waals surface area contributed by atoms with E-state index in [4.69, 9.17) is 0 Å². The predicted octanol–water partition coefficient (Wildman–Crippen LogP) is 2.96. The molecular weight excluding hydrogens is 289 g/mol. The number of rotatable bonds is 5. The first kappa shape index (κ1) is 16.4. The summed E-state index contributed by atoms with van der Waals surface area (Å²) in [5.41, 5.74) is 2.24. The Hall–Kier alpha value is -0.940. The van der Waals surface area contributed by atoms with Crippen LogP contribution in [0, 0.1) is 5.82 Å². The Balaban J connectivity index is 1.98. The highest BCUT2D eigenvalue weighted by Gasteiger charge is 2.24. The van der Waals surface area contributed by atoms with Crippen LogP contribution in [-0.2, 0) is 16.3 Å². The molecule has 0 amide bonds. The zero-order valence-corrected chi connectivity index (χ0v) is 13.8. The summed E-state index contributed by atoms with van der Waals surface area (Å²) in [4.78, 5) is 2.25. The average molecular weight is 313 g/mol. The summed E-state index contributed by atoms with van der Waals surface area (Å²) in [6.45, 7) is 7.15. The van der Waals surface area contributed by atoms with Crippen molar-refractivity contribution < 1.29 is 12.8 Å². The maximum Gasteiger partial charge on any atom is 0.152 e. The maximum absolute atomic E-state index is 13.4. The first-order valence-electron chi connectivity index (χ1n) is 7.55. The summed E-state index contributed by atoms with van der Waals surface area (Å²) in [6.07, 6.45) is 1.53. The zero-order chi connectivity index (χ0) is 15.6. The molecule has 1 heterocycles. The second-order valence-electron chi connectivity index (χ2n) is 6.07. The van der Waals surface area contributed by atoms with Crippen LogP contribution in [0.25, 0.3) is 0 Å². The topological polar surface area (TPSA) is 37.4 Å². The van der Waals surface area contributed by atoms with Crippen molar-refractivity contribution in [2.45, 2.75) is 44.9 Å². The van der Waals surface area contributed by atoms with Gasteiger partial charge in [0.25, 0.3) is 0 Å². The maximum atomic E-state index is 13.4. The number of hydrogen-bond donors (Lipinski definition) is 0. The van der Waals surface area contributed by atoms with E-state index < -0.39 is 9.84 Å². The van der Waals surface area contributed by atoms with Gasteiger partial charge in [0.05, 0.1) is 11.0 Å². The Labute approximate surface area is 127 Å². The zero-order valence-electron chi connectivity index (χ0n) is 13.0. The van der Waals surface area contributed by atoms with Crippen LogP contribution in [0.3, 0.4) is 0 Å². The van der Waals surface area contributed by atoms with E-state index >= 15 is 0 Å². The van der Waals surface area contributed by atoms with Gasteiger partial charge in [-0.2, -0.15) is 0 Å². The quantitative estimate of drug-likeness (QED) is 0.839. The molecule has 0 bridgehead atoms. The molecule has 0 fully saturated rings. The Bertz CT molecular complexity index is 598. The van der Waals surface area contributed by atoms with Gasteiger partial charge in [-0.1, -0.05) is 6.07 Å². The Morgan fingerprint density at radius 2 is 2.10 bits per heavy atom. The van der Waals surface area contributed by atoms with Crippen molar-refractivity contribution in [3.05, 3.63) is 35.1 Å². The minimum atomic E-state index is -2.97. The largest absolute Gasteiger partial charge is 0.296 e. The smallest absolute Gasteiger partial charge is 0.152 e. The van der Waals surface area contributed by atoms with Crippen LogP contribution >= 0.6 is 0 Å². The number of benzene rings is 1. The van der Waals surface area contributed by atoms with Crippen molar-refractivity contribution in [1.29, 1.82) is 0 Å². The normalized spacial score (nSPS) is 19.8. The number of nitrogens with zero attached hydrogens (tertiary/aromatic N) is 1. The standard InChI is InChI=1S/C16H24FNO2S/c1-12(2)21(19,20)10-4-8-18-9-7-14-5-6-15(17)11-16(14)13(18)3/h5-6,11-13H,4,7-10H2,1-3H3. The number of halogens is 1. The van der Waals surface area contributed by atoms with Crippen molar-refractivity contribution in [2.75, 3.05) is 18.8 Å². The van der Waals surface area contributed by atoms with E-state index in [9.17, 15) is 12.8 Å². The SMILES string of the molecule is CC1c2cc(F)ccc2CCN1CCCS(=O)(=O)C(C)C. The Kier molecular flexibility index (Phi) is 5.04. The van der Waals surface area contributed by atoms with Gasteiger partial charge in [-0.3, -0.25) is 4.90 Å². The average Bonchev–Trinajstić information content (AvgIpc) is 2.41. The molecule has 1 aliphatic heterocycles. The van der Waals surface area contributed by atoms with Crippen molar-refractivity contribution >= 4 is 9.84 Å². The molecule has 0 aromatic heterocycles. The molecule has 2 rings (SSSR count). The Morgan fingerprint density at radius 3 is 2.76 bits per heavy atom. The van der Waals surface area contributed by atoms with Gasteiger partial charge < -0.3 is 0 Å². The third-order valence-electron chi connectivity index (χ3n) is 4.37. The fourth-order valence-electron chi connectivity index (χ4n) is 2.85. The van der Waals surface area contributed by atoms with E-state index in [0.717, 1.165) is 25.1 Å². The minimum Gasteiger partial charge on any atom is -0.296 e. The van der Waals surface area contributed by atoms with Gasteiger partial charge in [-0.25, -0.2) is 12.8 Å². The van der Waals surface area contributed by atoms with Crippen molar-refractivity contribution in [3.8, 4) is 0 Å². The first-order chi connectivity index (χ1) is 9.81. The number of hydrogen-bond acceptors (Lipinski definition) is 3. The van der Waals surface area contributed by atoms with Gasteiger partial charge in [0.1, 0.15) is 5.82 Å². The van der Waals surface area contributed by atoms with Gasteiger partial charge in [0.15, 0.2) is 9.84 Å². The molecule has 1 atom stereocenters. The van der Waals surface area contributed by atoms with Gasteiger partial charge in [-0.05, 0) is 63.4 Å². The molecule has 118 valence electrons. The fourth-order valence-corrected chi connectivity index (χ4v) is 3.85. The van der Waals surface area contributed by atoms with E-state index in [2.05, 4.69) is 11.8 Å². The second-order valence-corrected chi connectivity index (χ2v) is 8.75. The van der Waals surface area contributed by atoms with Crippen molar-refractivity contribution in [1.82, 2.24) is 4.90 Å². The first-order valence-corrected chi connectivity index (χ1v) is 9.27. The molecule has 5 heteroatoms.